The highest BCUT2D eigenvalue weighted by molar-refractivity contribution is 5.97. The number of carbonyl (C=O) groups is 2. The van der Waals surface area contributed by atoms with Crippen molar-refractivity contribution in [1.29, 1.82) is 0 Å². The van der Waals surface area contributed by atoms with E-state index in [0.717, 1.165) is 13.3 Å². The number of benzene rings is 2. The summed E-state index contributed by atoms with van der Waals surface area (Å²) in [7, 11) is 0. The van der Waals surface area contributed by atoms with Crippen LogP contribution in [-0.2, 0) is 11.2 Å². The summed E-state index contributed by atoms with van der Waals surface area (Å²) in [5.74, 6) is -1.20. The van der Waals surface area contributed by atoms with Crippen LogP contribution in [0.15, 0.2) is 36.4 Å². The van der Waals surface area contributed by atoms with E-state index in [1.54, 1.807) is 18.2 Å². The predicted octanol–water partition coefficient (Wildman–Crippen LogP) is 3.60. The maximum atomic E-state index is 13.5. The summed E-state index contributed by atoms with van der Waals surface area (Å²) in [5.41, 5.74) is 0.770. The van der Waals surface area contributed by atoms with Crippen molar-refractivity contribution in [2.75, 3.05) is 13.2 Å². The number of aliphatic carboxylic acids is 1. The zero-order valence-electron chi connectivity index (χ0n) is 17.2. The van der Waals surface area contributed by atoms with Crippen molar-refractivity contribution in [1.82, 2.24) is 0 Å². The van der Waals surface area contributed by atoms with Gasteiger partial charge in [-0.3, -0.25) is 9.59 Å². The van der Waals surface area contributed by atoms with Crippen molar-refractivity contribution in [3.05, 3.63) is 53.3 Å². The fourth-order valence-corrected chi connectivity index (χ4v) is 2.51. The van der Waals surface area contributed by atoms with Gasteiger partial charge in [0.1, 0.15) is 30.8 Å². The van der Waals surface area contributed by atoms with Crippen molar-refractivity contribution in [2.45, 2.75) is 39.7 Å². The Bertz CT molecular complexity index is 847. The van der Waals surface area contributed by atoms with Crippen LogP contribution in [0.3, 0.4) is 0 Å². The van der Waals surface area contributed by atoms with Gasteiger partial charge in [0, 0.05) is 12.5 Å². The topological polar surface area (TPSA) is 113 Å². The number of carboxylic acid groups (broad SMARTS) is 1. The number of ether oxygens (including phenoxy) is 2. The normalized spacial score (nSPS) is 11.1. The Balaban J connectivity index is 0.00000103. The van der Waals surface area contributed by atoms with Gasteiger partial charge in [0.15, 0.2) is 17.3 Å². The third-order valence-corrected chi connectivity index (χ3v) is 3.82. The van der Waals surface area contributed by atoms with Crippen molar-refractivity contribution < 1.29 is 38.8 Å². The number of halogens is 1. The molecule has 0 aliphatic carbocycles. The van der Waals surface area contributed by atoms with Gasteiger partial charge in [0.05, 0.1) is 5.56 Å². The van der Waals surface area contributed by atoms with Crippen molar-refractivity contribution >= 4 is 11.8 Å². The van der Waals surface area contributed by atoms with Gasteiger partial charge < -0.3 is 24.8 Å². The van der Waals surface area contributed by atoms with E-state index in [9.17, 15) is 19.4 Å². The lowest BCUT2D eigenvalue weighted by Crippen LogP contribution is -2.25. The molecule has 8 heteroatoms. The molecule has 7 nitrogen and oxygen atoms in total. The van der Waals surface area contributed by atoms with Gasteiger partial charge in [0.2, 0.25) is 0 Å². The van der Waals surface area contributed by atoms with Crippen LogP contribution in [-0.4, -0.2) is 46.4 Å². The van der Waals surface area contributed by atoms with Crippen LogP contribution < -0.4 is 9.47 Å². The Hall–Kier alpha value is -3.13. The number of aliphatic hydroxyl groups excluding tert-OH is 1. The van der Waals surface area contributed by atoms with Crippen LogP contribution in [0.2, 0.25) is 0 Å². The van der Waals surface area contributed by atoms with E-state index in [0.29, 0.717) is 17.7 Å². The second kappa shape index (κ2) is 12.4. The highest BCUT2D eigenvalue weighted by Gasteiger charge is 2.17. The number of carboxylic acids is 1. The van der Waals surface area contributed by atoms with E-state index >= 15 is 0 Å². The number of para-hydroxylation sites is 1. The van der Waals surface area contributed by atoms with E-state index in [1.807, 2.05) is 6.92 Å². The molecule has 0 aliphatic rings. The molecule has 0 aromatic heterocycles. The molecule has 0 heterocycles. The van der Waals surface area contributed by atoms with Crippen molar-refractivity contribution in [3.63, 3.8) is 0 Å². The molecule has 2 rings (SSSR count). The van der Waals surface area contributed by atoms with E-state index in [2.05, 4.69) is 0 Å². The quantitative estimate of drug-likeness (QED) is 0.529. The maximum absolute atomic E-state index is 13.5. The standard InChI is InChI=1S/C20H23FO5.C2H4O2/c1-3-6-16-18(10-9-15(13(2)22)20(16)24)25-11-14(23)12-26-19-8-5-4-7-17(19)21;1-2(3)4/h4-5,7-10,14,23-24H,3,6,11-12H2,1-2H3;1H3,(H,3,4). The molecule has 0 fully saturated rings. The first-order valence-electron chi connectivity index (χ1n) is 9.40. The molecule has 1 atom stereocenters. The van der Waals surface area contributed by atoms with Gasteiger partial charge in [-0.05, 0) is 37.6 Å². The van der Waals surface area contributed by atoms with Crippen LogP contribution in [0.4, 0.5) is 4.39 Å². The smallest absolute Gasteiger partial charge is 0.300 e. The van der Waals surface area contributed by atoms with Gasteiger partial charge in [-0.15, -0.1) is 0 Å². The van der Waals surface area contributed by atoms with Crippen molar-refractivity contribution in [3.8, 4) is 17.2 Å². The molecule has 0 radical (unpaired) electrons. The first-order chi connectivity index (χ1) is 14.2. The number of rotatable bonds is 9. The number of phenolic OH excluding ortho intramolecular Hbond substituents is 1. The summed E-state index contributed by atoms with van der Waals surface area (Å²) in [6.45, 7) is 4.18. The summed E-state index contributed by atoms with van der Waals surface area (Å²) in [6.07, 6.45) is 0.299. The molecule has 0 bridgehead atoms. The van der Waals surface area contributed by atoms with Gasteiger partial charge >= 0.3 is 0 Å². The molecule has 1 unspecified atom stereocenters. The molecular formula is C22H27FO7. The third kappa shape index (κ3) is 8.08. The number of aliphatic hydroxyl groups is 1. The summed E-state index contributed by atoms with van der Waals surface area (Å²) in [5, 5.41) is 27.7. The zero-order valence-corrected chi connectivity index (χ0v) is 17.2. The molecule has 2 aromatic carbocycles. The Morgan fingerprint density at radius 2 is 1.60 bits per heavy atom. The average molecular weight is 422 g/mol. The van der Waals surface area contributed by atoms with Gasteiger partial charge in [-0.1, -0.05) is 25.5 Å². The minimum atomic E-state index is -0.987. The van der Waals surface area contributed by atoms with Crippen LogP contribution in [0.5, 0.6) is 17.2 Å². The number of hydrogen-bond donors (Lipinski definition) is 3. The molecular weight excluding hydrogens is 395 g/mol. The van der Waals surface area contributed by atoms with Crippen LogP contribution in [0.25, 0.3) is 0 Å². The number of Topliss-reactive ketones (excluding diaryl/α,β-unsaturated/α-hetero) is 1. The number of ketones is 1. The van der Waals surface area contributed by atoms with Gasteiger partial charge in [-0.25, -0.2) is 4.39 Å². The van der Waals surface area contributed by atoms with Crippen molar-refractivity contribution in [2.24, 2.45) is 0 Å². The lowest BCUT2D eigenvalue weighted by atomic mass is 10.0. The first kappa shape index (κ1) is 24.9. The fourth-order valence-electron chi connectivity index (χ4n) is 2.51. The molecule has 0 spiro atoms. The van der Waals surface area contributed by atoms with E-state index < -0.39 is 17.9 Å². The summed E-state index contributed by atoms with van der Waals surface area (Å²) < 4.78 is 24.3. The Labute approximate surface area is 174 Å². The summed E-state index contributed by atoms with van der Waals surface area (Å²) >= 11 is 0. The molecule has 0 amide bonds. The Kier molecular flexibility index (Phi) is 10.3. The van der Waals surface area contributed by atoms with Gasteiger partial charge in [0.25, 0.3) is 5.97 Å². The van der Waals surface area contributed by atoms with Crippen LogP contribution >= 0.6 is 0 Å². The molecule has 164 valence electrons. The highest BCUT2D eigenvalue weighted by Crippen LogP contribution is 2.33. The lowest BCUT2D eigenvalue weighted by molar-refractivity contribution is -0.134. The molecule has 2 aromatic rings. The second-order valence-electron chi connectivity index (χ2n) is 6.47. The molecule has 0 aliphatic heterocycles. The number of hydrogen-bond acceptors (Lipinski definition) is 6. The average Bonchev–Trinajstić information content (AvgIpc) is 2.67. The molecule has 3 N–H and O–H groups in total. The Morgan fingerprint density at radius 3 is 2.13 bits per heavy atom. The highest BCUT2D eigenvalue weighted by atomic mass is 19.1. The maximum Gasteiger partial charge on any atom is 0.300 e. The predicted molar refractivity (Wildman–Crippen MR) is 109 cm³/mol. The number of aromatic hydroxyl groups is 1. The number of phenols is 1. The van der Waals surface area contributed by atoms with E-state index in [-0.39, 0.29) is 36.1 Å². The van der Waals surface area contributed by atoms with E-state index in [1.165, 1.54) is 25.1 Å². The second-order valence-corrected chi connectivity index (χ2v) is 6.47. The molecule has 30 heavy (non-hydrogen) atoms. The van der Waals surface area contributed by atoms with Gasteiger partial charge in [-0.2, -0.15) is 0 Å². The SMILES string of the molecule is CC(=O)O.CCCc1c(OCC(O)COc2ccccc2F)ccc(C(C)=O)c1O. The minimum Gasteiger partial charge on any atom is -0.507 e. The minimum absolute atomic E-state index is 0.0571. The number of carbonyl (C=O) groups excluding carboxylic acids is 1. The Morgan fingerprint density at radius 1 is 1.03 bits per heavy atom. The van der Waals surface area contributed by atoms with Crippen LogP contribution in [0, 0.1) is 5.82 Å². The summed E-state index contributed by atoms with van der Waals surface area (Å²) in [4.78, 5) is 20.6. The zero-order chi connectivity index (χ0) is 22.7. The third-order valence-electron chi connectivity index (χ3n) is 3.82. The summed E-state index contributed by atoms with van der Waals surface area (Å²) in [6, 6.07) is 9.03. The first-order valence-corrected chi connectivity index (χ1v) is 9.40. The molecule has 0 saturated heterocycles. The lowest BCUT2D eigenvalue weighted by Gasteiger charge is -2.17. The molecule has 0 saturated carbocycles. The largest absolute Gasteiger partial charge is 0.507 e. The van der Waals surface area contributed by atoms with Crippen LogP contribution in [0.1, 0.15) is 43.1 Å². The van der Waals surface area contributed by atoms with E-state index in [4.69, 9.17) is 19.4 Å². The monoisotopic (exact) mass is 422 g/mol. The fraction of sp³-hybridized carbons (Fsp3) is 0.364.